The summed E-state index contributed by atoms with van der Waals surface area (Å²) in [5.41, 5.74) is 0.980. The van der Waals surface area contributed by atoms with Gasteiger partial charge in [-0.3, -0.25) is 9.69 Å². The Morgan fingerprint density at radius 3 is 2.76 bits per heavy atom. The van der Waals surface area contributed by atoms with Crippen molar-refractivity contribution in [3.8, 4) is 0 Å². The Labute approximate surface area is 147 Å². The molecule has 2 aromatic rings. The number of amides is 1. The Morgan fingerprint density at radius 2 is 2.08 bits per heavy atom. The number of hydrogen-bond acceptors (Lipinski definition) is 4. The van der Waals surface area contributed by atoms with Gasteiger partial charge in [-0.2, -0.15) is 0 Å². The lowest BCUT2D eigenvalue weighted by atomic mass is 10.2. The van der Waals surface area contributed by atoms with Crippen molar-refractivity contribution in [1.82, 2.24) is 14.8 Å². The van der Waals surface area contributed by atoms with E-state index in [1.807, 2.05) is 13.0 Å². The minimum absolute atomic E-state index is 0.152. The fourth-order valence-electron chi connectivity index (χ4n) is 2.73. The number of rotatable bonds is 8. The number of halogens is 1. The van der Waals surface area contributed by atoms with E-state index in [4.69, 9.17) is 4.42 Å². The van der Waals surface area contributed by atoms with Crippen LogP contribution in [0.25, 0.3) is 0 Å². The first-order valence-electron chi connectivity index (χ1n) is 8.72. The molecule has 6 heteroatoms. The van der Waals surface area contributed by atoms with Crippen molar-refractivity contribution in [2.45, 2.75) is 32.9 Å². The molecule has 0 N–H and O–H groups in total. The molecule has 3 rings (SSSR count). The average molecular weight is 345 g/mol. The van der Waals surface area contributed by atoms with Crippen molar-refractivity contribution < 1.29 is 13.6 Å². The van der Waals surface area contributed by atoms with Crippen LogP contribution in [0.3, 0.4) is 0 Å². The van der Waals surface area contributed by atoms with E-state index in [0.29, 0.717) is 42.7 Å². The van der Waals surface area contributed by atoms with E-state index >= 15 is 0 Å². The van der Waals surface area contributed by atoms with Gasteiger partial charge in [-0.05, 0) is 31.7 Å². The zero-order chi connectivity index (χ0) is 17.8. The van der Waals surface area contributed by atoms with Gasteiger partial charge in [0, 0.05) is 32.2 Å². The molecule has 0 atom stereocenters. The third kappa shape index (κ3) is 4.66. The zero-order valence-electron chi connectivity index (χ0n) is 14.7. The molecule has 1 aromatic heterocycles. The van der Waals surface area contributed by atoms with Gasteiger partial charge in [-0.25, -0.2) is 9.37 Å². The van der Waals surface area contributed by atoms with Gasteiger partial charge < -0.3 is 9.32 Å². The smallest absolute Gasteiger partial charge is 0.275 e. The third-order valence-electron chi connectivity index (χ3n) is 4.52. The molecule has 1 heterocycles. The van der Waals surface area contributed by atoms with Gasteiger partial charge in [0.05, 0.1) is 6.54 Å². The van der Waals surface area contributed by atoms with E-state index in [0.717, 1.165) is 6.54 Å². The van der Waals surface area contributed by atoms with Crippen LogP contribution in [0.2, 0.25) is 0 Å². The number of aromatic nitrogens is 1. The van der Waals surface area contributed by atoms with E-state index < -0.39 is 0 Å². The van der Waals surface area contributed by atoms with Gasteiger partial charge in [0.25, 0.3) is 5.91 Å². The topological polar surface area (TPSA) is 49.6 Å². The molecule has 0 radical (unpaired) electrons. The van der Waals surface area contributed by atoms with Crippen LogP contribution in [0.5, 0.6) is 0 Å². The first kappa shape index (κ1) is 17.6. The molecule has 1 amide bonds. The molecule has 25 heavy (non-hydrogen) atoms. The summed E-state index contributed by atoms with van der Waals surface area (Å²) in [5.74, 6) is 0.801. The minimum atomic E-state index is -0.198. The molecular weight excluding hydrogens is 321 g/mol. The van der Waals surface area contributed by atoms with E-state index in [1.54, 1.807) is 24.1 Å². The first-order chi connectivity index (χ1) is 12.1. The second kappa shape index (κ2) is 7.78. The monoisotopic (exact) mass is 345 g/mol. The third-order valence-corrected chi connectivity index (χ3v) is 4.52. The highest BCUT2D eigenvalue weighted by Crippen LogP contribution is 2.30. The molecular formula is C19H24FN3O2. The average Bonchev–Trinajstić information content (AvgIpc) is 3.30. The quantitative estimate of drug-likeness (QED) is 0.736. The van der Waals surface area contributed by atoms with E-state index in [9.17, 15) is 9.18 Å². The van der Waals surface area contributed by atoms with Crippen molar-refractivity contribution in [3.63, 3.8) is 0 Å². The first-order valence-corrected chi connectivity index (χ1v) is 8.72. The summed E-state index contributed by atoms with van der Waals surface area (Å²) in [7, 11) is 1.73. The van der Waals surface area contributed by atoms with Gasteiger partial charge in [0.1, 0.15) is 12.1 Å². The van der Waals surface area contributed by atoms with Gasteiger partial charge >= 0.3 is 0 Å². The van der Waals surface area contributed by atoms with Crippen molar-refractivity contribution >= 4 is 5.91 Å². The molecule has 1 aliphatic rings. The molecule has 0 bridgehead atoms. The maximum atomic E-state index is 14.0. The minimum Gasteiger partial charge on any atom is -0.447 e. The summed E-state index contributed by atoms with van der Waals surface area (Å²) < 4.78 is 19.5. The van der Waals surface area contributed by atoms with Crippen molar-refractivity contribution in [1.29, 1.82) is 0 Å². The lowest BCUT2D eigenvalue weighted by molar-refractivity contribution is 0.0796. The van der Waals surface area contributed by atoms with Crippen LogP contribution in [0.1, 0.15) is 41.7 Å². The van der Waals surface area contributed by atoms with Crippen LogP contribution in [0, 0.1) is 11.7 Å². The Bertz CT molecular complexity index is 727. The fourth-order valence-corrected chi connectivity index (χ4v) is 2.73. The van der Waals surface area contributed by atoms with Crippen LogP contribution in [0.4, 0.5) is 4.39 Å². The highest BCUT2D eigenvalue weighted by molar-refractivity contribution is 5.91. The van der Waals surface area contributed by atoms with Gasteiger partial charge in [-0.1, -0.05) is 18.2 Å². The standard InChI is InChI=1S/C19H24FN3O2/c1-3-22(2)19(24)17-13-25-18(21-17)12-23(10-14-8-9-14)11-15-6-4-5-7-16(15)20/h4-7,13-14H,3,8-12H2,1-2H3. The normalized spacial score (nSPS) is 14.1. The van der Waals surface area contributed by atoms with Crippen molar-refractivity contribution in [2.75, 3.05) is 20.1 Å². The highest BCUT2D eigenvalue weighted by atomic mass is 19.1. The molecule has 0 unspecified atom stereocenters. The van der Waals surface area contributed by atoms with Gasteiger partial charge in [-0.15, -0.1) is 0 Å². The lowest BCUT2D eigenvalue weighted by Gasteiger charge is -2.21. The molecule has 0 saturated heterocycles. The summed E-state index contributed by atoms with van der Waals surface area (Å²) in [6.07, 6.45) is 3.83. The second-order valence-corrected chi connectivity index (χ2v) is 6.65. The largest absolute Gasteiger partial charge is 0.447 e. The number of nitrogens with zero attached hydrogens (tertiary/aromatic N) is 3. The van der Waals surface area contributed by atoms with Crippen LogP contribution in [0.15, 0.2) is 34.9 Å². The maximum Gasteiger partial charge on any atom is 0.275 e. The summed E-state index contributed by atoms with van der Waals surface area (Å²) in [4.78, 5) is 20.2. The Hall–Kier alpha value is -2.21. The van der Waals surface area contributed by atoms with Gasteiger partial charge in [0.15, 0.2) is 5.69 Å². The predicted octanol–water partition coefficient (Wildman–Crippen LogP) is 3.32. The van der Waals surface area contributed by atoms with Crippen LogP contribution < -0.4 is 0 Å². The van der Waals surface area contributed by atoms with Crippen molar-refractivity contribution in [2.24, 2.45) is 5.92 Å². The molecule has 5 nitrogen and oxygen atoms in total. The number of hydrogen-bond donors (Lipinski definition) is 0. The summed E-state index contributed by atoms with van der Waals surface area (Å²) >= 11 is 0. The number of carbonyl (C=O) groups excluding carboxylic acids is 1. The molecule has 1 saturated carbocycles. The van der Waals surface area contributed by atoms with E-state index in [2.05, 4.69) is 9.88 Å². The van der Waals surface area contributed by atoms with Gasteiger partial charge in [0.2, 0.25) is 5.89 Å². The number of carbonyl (C=O) groups is 1. The second-order valence-electron chi connectivity index (χ2n) is 6.65. The van der Waals surface area contributed by atoms with Crippen LogP contribution >= 0.6 is 0 Å². The number of benzene rings is 1. The maximum absolute atomic E-state index is 14.0. The highest BCUT2D eigenvalue weighted by Gasteiger charge is 2.26. The van der Waals surface area contributed by atoms with Crippen LogP contribution in [-0.4, -0.2) is 40.8 Å². The van der Waals surface area contributed by atoms with Crippen LogP contribution in [-0.2, 0) is 13.1 Å². The van der Waals surface area contributed by atoms with Crippen molar-refractivity contribution in [3.05, 3.63) is 53.5 Å². The fraction of sp³-hybridized carbons (Fsp3) is 0.474. The SMILES string of the molecule is CCN(C)C(=O)c1coc(CN(Cc2ccccc2F)CC2CC2)n1. The Morgan fingerprint density at radius 1 is 1.32 bits per heavy atom. The molecule has 1 fully saturated rings. The number of oxazole rings is 1. The zero-order valence-corrected chi connectivity index (χ0v) is 14.7. The molecule has 1 aromatic carbocycles. The summed E-state index contributed by atoms with van der Waals surface area (Å²) in [5, 5.41) is 0. The Kier molecular flexibility index (Phi) is 5.48. The lowest BCUT2D eigenvalue weighted by Crippen LogP contribution is -2.27. The van der Waals surface area contributed by atoms with E-state index in [-0.39, 0.29) is 11.7 Å². The molecule has 0 spiro atoms. The predicted molar refractivity (Wildman–Crippen MR) is 92.4 cm³/mol. The molecule has 134 valence electrons. The summed E-state index contributed by atoms with van der Waals surface area (Å²) in [6.45, 7) is 4.37. The summed E-state index contributed by atoms with van der Waals surface area (Å²) in [6, 6.07) is 6.82. The molecule has 0 aliphatic heterocycles. The van der Waals surface area contributed by atoms with E-state index in [1.165, 1.54) is 25.2 Å². The Balaban J connectivity index is 1.69. The molecule has 1 aliphatic carbocycles.